The van der Waals surface area contributed by atoms with Crippen LogP contribution in [0.25, 0.3) is 0 Å². The molecule has 0 saturated carbocycles. The molecule has 1 rings (SSSR count). The van der Waals surface area contributed by atoms with Crippen LogP contribution < -0.4 is 5.32 Å². The van der Waals surface area contributed by atoms with Gasteiger partial charge in [-0.3, -0.25) is 9.69 Å². The van der Waals surface area contributed by atoms with Gasteiger partial charge < -0.3 is 15.0 Å². The molecule has 0 unspecified atom stereocenters. The molecule has 0 radical (unpaired) electrons. The summed E-state index contributed by atoms with van der Waals surface area (Å²) in [6, 6.07) is 2.19. The monoisotopic (exact) mass is 338 g/mol. The third kappa shape index (κ3) is 7.64. The SMILES string of the molecule is CN(CCC#N)C(=O)CN1CCCC[C@H]1CNC(=O)OC(C)(C)C. The largest absolute Gasteiger partial charge is 0.444 e. The van der Waals surface area contributed by atoms with Crippen molar-refractivity contribution >= 4 is 12.0 Å². The summed E-state index contributed by atoms with van der Waals surface area (Å²) in [5, 5.41) is 11.4. The summed E-state index contributed by atoms with van der Waals surface area (Å²) in [7, 11) is 1.72. The normalized spacial score (nSPS) is 18.5. The minimum Gasteiger partial charge on any atom is -0.444 e. The lowest BCUT2D eigenvalue weighted by atomic mass is 10.0. The number of nitrogens with one attached hydrogen (secondary N) is 1. The maximum Gasteiger partial charge on any atom is 0.407 e. The first-order valence-electron chi connectivity index (χ1n) is 8.54. The Morgan fingerprint density at radius 3 is 2.71 bits per heavy atom. The minimum absolute atomic E-state index is 0.00872. The van der Waals surface area contributed by atoms with Crippen LogP contribution in [-0.4, -0.2) is 66.7 Å². The lowest BCUT2D eigenvalue weighted by Crippen LogP contribution is -2.50. The average molecular weight is 338 g/mol. The van der Waals surface area contributed by atoms with Gasteiger partial charge in [0.15, 0.2) is 0 Å². The topological polar surface area (TPSA) is 85.7 Å². The van der Waals surface area contributed by atoms with E-state index in [1.165, 1.54) is 0 Å². The van der Waals surface area contributed by atoms with Crippen molar-refractivity contribution in [2.75, 3.05) is 33.2 Å². The highest BCUT2D eigenvalue weighted by Crippen LogP contribution is 2.17. The van der Waals surface area contributed by atoms with E-state index in [2.05, 4.69) is 10.2 Å². The highest BCUT2D eigenvalue weighted by molar-refractivity contribution is 5.78. The fourth-order valence-electron chi connectivity index (χ4n) is 2.65. The molecule has 1 heterocycles. The van der Waals surface area contributed by atoms with E-state index in [1.807, 2.05) is 26.8 Å². The third-order valence-corrected chi connectivity index (χ3v) is 3.95. The van der Waals surface area contributed by atoms with Gasteiger partial charge in [0.25, 0.3) is 0 Å². The first-order valence-corrected chi connectivity index (χ1v) is 8.54. The Morgan fingerprint density at radius 2 is 2.08 bits per heavy atom. The number of alkyl carbamates (subject to hydrolysis) is 1. The molecule has 7 nitrogen and oxygen atoms in total. The number of rotatable bonds is 6. The quantitative estimate of drug-likeness (QED) is 0.797. The molecule has 1 atom stereocenters. The third-order valence-electron chi connectivity index (χ3n) is 3.95. The van der Waals surface area contributed by atoms with Gasteiger partial charge >= 0.3 is 6.09 Å². The van der Waals surface area contributed by atoms with Crippen molar-refractivity contribution in [1.82, 2.24) is 15.1 Å². The summed E-state index contributed by atoms with van der Waals surface area (Å²) in [6.45, 7) is 7.58. The first kappa shape index (κ1) is 20.2. The summed E-state index contributed by atoms with van der Waals surface area (Å²) in [6.07, 6.45) is 3.01. The van der Waals surface area contributed by atoms with Crippen molar-refractivity contribution in [3.8, 4) is 6.07 Å². The van der Waals surface area contributed by atoms with Gasteiger partial charge in [-0.2, -0.15) is 5.26 Å². The van der Waals surface area contributed by atoms with E-state index in [1.54, 1.807) is 11.9 Å². The number of nitriles is 1. The zero-order valence-corrected chi connectivity index (χ0v) is 15.3. The van der Waals surface area contributed by atoms with Crippen molar-refractivity contribution in [2.24, 2.45) is 0 Å². The second kappa shape index (κ2) is 9.48. The Labute approximate surface area is 144 Å². The van der Waals surface area contributed by atoms with Crippen LogP contribution in [-0.2, 0) is 9.53 Å². The number of piperidine rings is 1. The highest BCUT2D eigenvalue weighted by atomic mass is 16.6. The number of amides is 2. The molecule has 0 bridgehead atoms. The Morgan fingerprint density at radius 1 is 1.38 bits per heavy atom. The molecule has 1 fully saturated rings. The fourth-order valence-corrected chi connectivity index (χ4v) is 2.65. The maximum atomic E-state index is 12.3. The zero-order valence-electron chi connectivity index (χ0n) is 15.3. The Balaban J connectivity index is 2.48. The summed E-state index contributed by atoms with van der Waals surface area (Å²) >= 11 is 0. The molecule has 1 aliphatic rings. The van der Waals surface area contributed by atoms with Crippen LogP contribution >= 0.6 is 0 Å². The highest BCUT2D eigenvalue weighted by Gasteiger charge is 2.26. The van der Waals surface area contributed by atoms with Gasteiger partial charge in [0, 0.05) is 26.2 Å². The van der Waals surface area contributed by atoms with Crippen molar-refractivity contribution < 1.29 is 14.3 Å². The lowest BCUT2D eigenvalue weighted by molar-refractivity contribution is -0.132. The molecule has 0 aromatic heterocycles. The molecule has 0 aliphatic carbocycles. The summed E-state index contributed by atoms with van der Waals surface area (Å²) in [5.74, 6) is 0.00872. The van der Waals surface area contributed by atoms with Crippen LogP contribution in [0, 0.1) is 11.3 Å². The predicted molar refractivity (Wildman–Crippen MR) is 91.3 cm³/mol. The number of hydrogen-bond donors (Lipinski definition) is 1. The van der Waals surface area contributed by atoms with Crippen LogP contribution in [0.4, 0.5) is 4.79 Å². The van der Waals surface area contributed by atoms with E-state index >= 15 is 0 Å². The van der Waals surface area contributed by atoms with Gasteiger partial charge in [0.1, 0.15) is 5.60 Å². The van der Waals surface area contributed by atoms with E-state index in [-0.39, 0.29) is 11.9 Å². The van der Waals surface area contributed by atoms with Gasteiger partial charge in [-0.05, 0) is 40.2 Å². The molecule has 1 aliphatic heterocycles. The van der Waals surface area contributed by atoms with Gasteiger partial charge in [-0.15, -0.1) is 0 Å². The van der Waals surface area contributed by atoms with Crippen LogP contribution in [0.2, 0.25) is 0 Å². The molecule has 0 spiro atoms. The number of nitrogens with zero attached hydrogens (tertiary/aromatic N) is 3. The number of likely N-dealkylation sites (tertiary alicyclic amines) is 1. The Kier molecular flexibility index (Phi) is 7.99. The molecule has 24 heavy (non-hydrogen) atoms. The van der Waals surface area contributed by atoms with Crippen molar-refractivity contribution in [2.45, 2.75) is 58.1 Å². The number of carbonyl (C=O) groups excluding carboxylic acids is 2. The van der Waals surface area contributed by atoms with E-state index in [0.29, 0.717) is 26.1 Å². The summed E-state index contributed by atoms with van der Waals surface area (Å²) < 4.78 is 5.25. The Bertz CT molecular complexity index is 467. The standard InChI is InChI=1S/C17H30N4O3/c1-17(2,3)24-16(23)19-12-14-8-5-6-11-21(14)13-15(22)20(4)10-7-9-18/h14H,5-8,10-13H2,1-4H3,(H,19,23)/t14-/m0/s1. The molecule has 0 aromatic rings. The number of hydrogen-bond acceptors (Lipinski definition) is 5. The summed E-state index contributed by atoms with van der Waals surface area (Å²) in [4.78, 5) is 27.8. The zero-order chi connectivity index (χ0) is 18.2. The Hall–Kier alpha value is -1.81. The number of likely N-dealkylation sites (N-methyl/N-ethyl adjacent to an activating group) is 1. The van der Waals surface area contributed by atoms with Crippen LogP contribution in [0.5, 0.6) is 0 Å². The average Bonchev–Trinajstić information content (AvgIpc) is 2.50. The van der Waals surface area contributed by atoms with Crippen LogP contribution in [0.3, 0.4) is 0 Å². The second-order valence-electron chi connectivity index (χ2n) is 7.23. The van der Waals surface area contributed by atoms with E-state index < -0.39 is 11.7 Å². The molecule has 7 heteroatoms. The lowest BCUT2D eigenvalue weighted by Gasteiger charge is -2.36. The number of ether oxygens (including phenoxy) is 1. The minimum atomic E-state index is -0.518. The summed E-state index contributed by atoms with van der Waals surface area (Å²) in [5.41, 5.74) is -0.518. The molecular formula is C17H30N4O3. The molecule has 1 N–H and O–H groups in total. The smallest absolute Gasteiger partial charge is 0.407 e. The molecule has 1 saturated heterocycles. The van der Waals surface area contributed by atoms with Gasteiger partial charge in [-0.1, -0.05) is 6.42 Å². The van der Waals surface area contributed by atoms with Gasteiger partial charge in [0.05, 0.1) is 19.0 Å². The molecule has 2 amide bonds. The van der Waals surface area contributed by atoms with Crippen LogP contribution in [0.1, 0.15) is 46.5 Å². The van der Waals surface area contributed by atoms with E-state index in [0.717, 1.165) is 25.8 Å². The van der Waals surface area contributed by atoms with Crippen molar-refractivity contribution in [3.63, 3.8) is 0 Å². The van der Waals surface area contributed by atoms with Crippen molar-refractivity contribution in [1.29, 1.82) is 5.26 Å². The first-order chi connectivity index (χ1) is 11.2. The van der Waals surface area contributed by atoms with Crippen LogP contribution in [0.15, 0.2) is 0 Å². The van der Waals surface area contributed by atoms with Gasteiger partial charge in [0.2, 0.25) is 5.91 Å². The number of carbonyl (C=O) groups is 2. The van der Waals surface area contributed by atoms with Gasteiger partial charge in [-0.25, -0.2) is 4.79 Å². The maximum absolute atomic E-state index is 12.3. The fraction of sp³-hybridized carbons (Fsp3) is 0.824. The molecule has 136 valence electrons. The second-order valence-corrected chi connectivity index (χ2v) is 7.23. The van der Waals surface area contributed by atoms with E-state index in [4.69, 9.17) is 10.00 Å². The molecular weight excluding hydrogens is 308 g/mol. The van der Waals surface area contributed by atoms with E-state index in [9.17, 15) is 9.59 Å². The molecule has 0 aromatic carbocycles. The van der Waals surface area contributed by atoms with Crippen molar-refractivity contribution in [3.05, 3.63) is 0 Å². The predicted octanol–water partition coefficient (Wildman–Crippen LogP) is 1.74.